The Balaban J connectivity index is 3.01. The van der Waals surface area contributed by atoms with Crippen LogP contribution in [-0.2, 0) is 14.4 Å². The molecule has 0 spiro atoms. The predicted molar refractivity (Wildman–Crippen MR) is 95.6 cm³/mol. The van der Waals surface area contributed by atoms with Crippen molar-refractivity contribution in [2.45, 2.75) is 38.9 Å². The van der Waals surface area contributed by atoms with Gasteiger partial charge < -0.3 is 34.6 Å². The minimum Gasteiger partial charge on any atom is -0.548 e. The van der Waals surface area contributed by atoms with Gasteiger partial charge in [0, 0.05) is 70.5 Å². The van der Waals surface area contributed by atoms with Crippen molar-refractivity contribution >= 4 is 17.9 Å². The monoisotopic (exact) mass is 399 g/mol. The van der Waals surface area contributed by atoms with E-state index < -0.39 is 36.0 Å². The normalized spacial score (nSPS) is 23.1. The largest absolute Gasteiger partial charge is 0.548 e. The number of carbonyl (C=O) groups excluding carboxylic acids is 3. The van der Waals surface area contributed by atoms with Crippen LogP contribution in [0.25, 0.3) is 0 Å². The van der Waals surface area contributed by atoms with Gasteiger partial charge in [-0.25, -0.2) is 0 Å². The molecule has 28 heavy (non-hydrogen) atoms. The van der Waals surface area contributed by atoms with Gasteiger partial charge >= 0.3 is 0 Å². The van der Waals surface area contributed by atoms with Crippen LogP contribution in [0.2, 0.25) is 0 Å². The van der Waals surface area contributed by atoms with Gasteiger partial charge in [0.1, 0.15) is 0 Å². The topological polar surface area (TPSA) is 133 Å². The number of carboxylic acids is 3. The lowest BCUT2D eigenvalue weighted by atomic mass is 10.2. The molecule has 1 rings (SSSR count). The molecule has 10 nitrogen and oxygen atoms in total. The lowest BCUT2D eigenvalue weighted by Crippen LogP contribution is -2.56. The molecule has 0 saturated carbocycles. The molecule has 0 aromatic rings. The van der Waals surface area contributed by atoms with Gasteiger partial charge in [-0.15, -0.1) is 0 Å². The summed E-state index contributed by atoms with van der Waals surface area (Å²) in [5.74, 6) is -3.59. The summed E-state index contributed by atoms with van der Waals surface area (Å²) in [6, 6.07) is -2.48. The Morgan fingerprint density at radius 1 is 0.571 bits per heavy atom. The van der Waals surface area contributed by atoms with Gasteiger partial charge in [-0.3, -0.25) is 14.7 Å². The van der Waals surface area contributed by atoms with Crippen LogP contribution in [0.1, 0.15) is 20.8 Å². The summed E-state index contributed by atoms with van der Waals surface area (Å²) in [6.45, 7) is 8.02. The van der Waals surface area contributed by atoms with Gasteiger partial charge in [-0.2, -0.15) is 0 Å². The van der Waals surface area contributed by atoms with Crippen LogP contribution < -0.4 is 15.3 Å². The van der Waals surface area contributed by atoms with E-state index in [2.05, 4.69) is 0 Å². The first-order chi connectivity index (χ1) is 13.0. The highest BCUT2D eigenvalue weighted by molar-refractivity contribution is 5.71. The molecule has 1 fully saturated rings. The predicted octanol–water partition coefficient (Wildman–Crippen LogP) is -4.75. The lowest BCUT2D eigenvalue weighted by molar-refractivity contribution is -0.313. The summed E-state index contributed by atoms with van der Waals surface area (Å²) in [7, 11) is 1.89. The smallest absolute Gasteiger partial charge is 0.0583 e. The number of hydrogen-bond acceptors (Lipinski definition) is 10. The summed E-state index contributed by atoms with van der Waals surface area (Å²) in [5, 5.41) is 34.0. The Hall–Kier alpha value is -1.75. The zero-order chi connectivity index (χ0) is 21.4. The maximum atomic E-state index is 11.4. The highest BCUT2D eigenvalue weighted by Crippen LogP contribution is 2.07. The number of carbonyl (C=O) groups is 3. The molecular weight excluding hydrogens is 368 g/mol. The molecule has 0 bridgehead atoms. The molecule has 1 aliphatic rings. The summed E-state index contributed by atoms with van der Waals surface area (Å²) in [5.41, 5.74) is 0. The number of likely N-dealkylation sites (N-methyl/N-ethyl adjacent to an activating group) is 1. The van der Waals surface area contributed by atoms with Crippen LogP contribution in [0.4, 0.5) is 0 Å². The fourth-order valence-corrected chi connectivity index (χ4v) is 3.17. The van der Waals surface area contributed by atoms with E-state index in [-0.39, 0.29) is 0 Å². The minimum absolute atomic E-state index is 0.310. The van der Waals surface area contributed by atoms with E-state index in [0.717, 1.165) is 0 Å². The fraction of sp³-hybridized carbons (Fsp3) is 0.833. The minimum atomic E-state index is -1.23. The summed E-state index contributed by atoms with van der Waals surface area (Å²) in [4.78, 5) is 41.2. The quantitative estimate of drug-likeness (QED) is 0.429. The molecule has 0 radical (unpaired) electrons. The Labute approximate surface area is 166 Å². The SMILES string of the molecule is CC(C(=O)[O-])N1CCN(C)CCN(C(C)C(=O)[O-])CCN(C(C)C(=O)[O-])CC1. The van der Waals surface area contributed by atoms with E-state index >= 15 is 0 Å². The van der Waals surface area contributed by atoms with Crippen LogP contribution in [0.15, 0.2) is 0 Å². The van der Waals surface area contributed by atoms with E-state index in [1.165, 1.54) is 6.92 Å². The number of nitrogens with zero attached hydrogens (tertiary/aromatic N) is 4. The average molecular weight is 399 g/mol. The number of hydrogen-bond donors (Lipinski definition) is 0. The molecule has 3 unspecified atom stereocenters. The number of aliphatic carboxylic acids is 3. The van der Waals surface area contributed by atoms with E-state index in [1.807, 2.05) is 11.9 Å². The number of carboxylic acid groups (broad SMARTS) is 3. The second-order valence-electron chi connectivity index (χ2n) is 7.40. The molecule has 0 aromatic carbocycles. The van der Waals surface area contributed by atoms with E-state index in [4.69, 9.17) is 0 Å². The first-order valence-electron chi connectivity index (χ1n) is 9.57. The molecule has 0 aromatic heterocycles. The Morgan fingerprint density at radius 2 is 0.786 bits per heavy atom. The third kappa shape index (κ3) is 7.34. The van der Waals surface area contributed by atoms with E-state index in [9.17, 15) is 29.7 Å². The highest BCUT2D eigenvalue weighted by atomic mass is 16.4. The van der Waals surface area contributed by atoms with E-state index in [1.54, 1.807) is 28.5 Å². The molecule has 1 saturated heterocycles. The maximum Gasteiger partial charge on any atom is 0.0583 e. The van der Waals surface area contributed by atoms with Crippen molar-refractivity contribution in [1.29, 1.82) is 0 Å². The van der Waals surface area contributed by atoms with Crippen molar-refractivity contribution in [2.24, 2.45) is 0 Å². The van der Waals surface area contributed by atoms with Gasteiger partial charge in [0.2, 0.25) is 0 Å². The molecule has 0 amide bonds. The molecule has 162 valence electrons. The first kappa shape index (κ1) is 24.3. The van der Waals surface area contributed by atoms with Gasteiger partial charge in [0.15, 0.2) is 0 Å². The molecular formula is C18H31N4O6-3. The second kappa shape index (κ2) is 11.3. The van der Waals surface area contributed by atoms with Gasteiger partial charge in [-0.05, 0) is 27.8 Å². The molecule has 1 heterocycles. The molecule has 3 atom stereocenters. The summed E-state index contributed by atoms with van der Waals surface area (Å²) in [6.07, 6.45) is 0. The average Bonchev–Trinajstić information content (AvgIpc) is 2.62. The zero-order valence-electron chi connectivity index (χ0n) is 17.1. The zero-order valence-corrected chi connectivity index (χ0v) is 17.1. The Kier molecular flexibility index (Phi) is 9.80. The van der Waals surface area contributed by atoms with Gasteiger partial charge in [-0.1, -0.05) is 0 Å². The van der Waals surface area contributed by atoms with Crippen molar-refractivity contribution in [2.75, 3.05) is 59.4 Å². The molecule has 1 aliphatic heterocycles. The first-order valence-corrected chi connectivity index (χ1v) is 9.57. The maximum absolute atomic E-state index is 11.4. The fourth-order valence-electron chi connectivity index (χ4n) is 3.17. The highest BCUT2D eigenvalue weighted by Gasteiger charge is 2.23. The van der Waals surface area contributed by atoms with Crippen molar-refractivity contribution in [3.8, 4) is 0 Å². The van der Waals surface area contributed by atoms with Crippen LogP contribution >= 0.6 is 0 Å². The number of rotatable bonds is 6. The van der Waals surface area contributed by atoms with E-state index in [0.29, 0.717) is 52.4 Å². The van der Waals surface area contributed by atoms with Crippen LogP contribution in [0.3, 0.4) is 0 Å². The van der Waals surface area contributed by atoms with Crippen molar-refractivity contribution in [3.63, 3.8) is 0 Å². The standard InChI is InChI=1S/C18H34N4O6/c1-13(16(23)24)20-7-5-19(4)6-8-21(14(2)17(25)26)10-12-22(11-9-20)15(3)18(27)28/h13-15H,5-12H2,1-4H3,(H,23,24)(H,25,26)(H,27,28)/p-3. The Bertz CT molecular complexity index is 510. The molecule has 10 heteroatoms. The molecule has 0 N–H and O–H groups in total. The van der Waals surface area contributed by atoms with Crippen molar-refractivity contribution < 1.29 is 29.7 Å². The second-order valence-corrected chi connectivity index (χ2v) is 7.40. The van der Waals surface area contributed by atoms with Crippen LogP contribution in [0.5, 0.6) is 0 Å². The lowest BCUT2D eigenvalue weighted by Gasteiger charge is -2.39. The van der Waals surface area contributed by atoms with Gasteiger partial charge in [0.05, 0.1) is 17.9 Å². The Morgan fingerprint density at radius 3 is 1.00 bits per heavy atom. The van der Waals surface area contributed by atoms with Crippen LogP contribution in [0, 0.1) is 0 Å². The van der Waals surface area contributed by atoms with Crippen molar-refractivity contribution in [3.05, 3.63) is 0 Å². The summed E-state index contributed by atoms with van der Waals surface area (Å²) >= 11 is 0. The summed E-state index contributed by atoms with van der Waals surface area (Å²) < 4.78 is 0. The van der Waals surface area contributed by atoms with Crippen LogP contribution in [-0.4, -0.2) is 115 Å². The third-order valence-electron chi connectivity index (χ3n) is 5.55. The van der Waals surface area contributed by atoms with Gasteiger partial charge in [0.25, 0.3) is 0 Å². The molecule has 0 aliphatic carbocycles. The van der Waals surface area contributed by atoms with Crippen molar-refractivity contribution in [1.82, 2.24) is 19.6 Å². The third-order valence-corrected chi connectivity index (χ3v) is 5.55.